The Labute approximate surface area is 196 Å². The van der Waals surface area contributed by atoms with E-state index in [0.717, 1.165) is 22.3 Å². The van der Waals surface area contributed by atoms with Crippen LogP contribution >= 0.6 is 0 Å². The maximum absolute atomic E-state index is 12.7. The second-order valence-corrected chi connectivity index (χ2v) is 8.19. The highest BCUT2D eigenvalue weighted by atomic mass is 16.5. The SMILES string of the molecule is CC[C@@H](CC(=O)O)NC(=O)c1cn(C)nc1NC(=O)OCC1c2ccccc2-c2ccccc21. The molecule has 0 aliphatic heterocycles. The average molecular weight is 463 g/mol. The minimum Gasteiger partial charge on any atom is -0.481 e. The summed E-state index contributed by atoms with van der Waals surface area (Å²) in [6.45, 7) is 1.91. The van der Waals surface area contributed by atoms with Crippen LogP contribution in [0.25, 0.3) is 11.1 Å². The number of hydrogen-bond donors (Lipinski definition) is 3. The summed E-state index contributed by atoms with van der Waals surface area (Å²) in [4.78, 5) is 36.3. The number of aromatic nitrogens is 2. The summed E-state index contributed by atoms with van der Waals surface area (Å²) in [7, 11) is 1.62. The van der Waals surface area contributed by atoms with Crippen molar-refractivity contribution in [2.45, 2.75) is 31.7 Å². The van der Waals surface area contributed by atoms with Gasteiger partial charge in [0, 0.05) is 25.2 Å². The molecule has 0 unspecified atom stereocenters. The first-order valence-corrected chi connectivity index (χ1v) is 11.1. The first kappa shape index (κ1) is 23.0. The van der Waals surface area contributed by atoms with Gasteiger partial charge in [-0.3, -0.25) is 19.6 Å². The Bertz CT molecular complexity index is 1190. The number of carbonyl (C=O) groups is 3. The van der Waals surface area contributed by atoms with Gasteiger partial charge in [-0.05, 0) is 28.7 Å². The molecule has 0 bridgehead atoms. The van der Waals surface area contributed by atoms with Gasteiger partial charge in [-0.25, -0.2) is 4.79 Å². The molecule has 34 heavy (non-hydrogen) atoms. The normalized spacial score (nSPS) is 13.0. The van der Waals surface area contributed by atoms with E-state index in [1.807, 2.05) is 36.4 Å². The fraction of sp³-hybridized carbons (Fsp3) is 0.280. The number of anilines is 1. The smallest absolute Gasteiger partial charge is 0.412 e. The van der Waals surface area contributed by atoms with Gasteiger partial charge in [0.15, 0.2) is 5.82 Å². The number of nitrogens with one attached hydrogen (secondary N) is 2. The van der Waals surface area contributed by atoms with Gasteiger partial charge >= 0.3 is 12.1 Å². The zero-order valence-corrected chi connectivity index (χ0v) is 18.9. The van der Waals surface area contributed by atoms with Gasteiger partial charge in [0.25, 0.3) is 5.91 Å². The van der Waals surface area contributed by atoms with Crippen LogP contribution < -0.4 is 10.6 Å². The fourth-order valence-electron chi connectivity index (χ4n) is 4.25. The molecule has 9 nitrogen and oxygen atoms in total. The number of aliphatic carboxylic acids is 1. The van der Waals surface area contributed by atoms with E-state index in [2.05, 4.69) is 27.9 Å². The van der Waals surface area contributed by atoms with Crippen molar-refractivity contribution in [1.82, 2.24) is 15.1 Å². The molecule has 3 N–H and O–H groups in total. The summed E-state index contributed by atoms with van der Waals surface area (Å²) >= 11 is 0. The highest BCUT2D eigenvalue weighted by molar-refractivity contribution is 6.01. The van der Waals surface area contributed by atoms with Crippen LogP contribution in [0.2, 0.25) is 0 Å². The van der Waals surface area contributed by atoms with Crippen LogP contribution in [0.1, 0.15) is 47.2 Å². The molecule has 2 aromatic carbocycles. The van der Waals surface area contributed by atoms with Crippen molar-refractivity contribution in [2.24, 2.45) is 7.05 Å². The van der Waals surface area contributed by atoms with Gasteiger partial charge < -0.3 is 15.2 Å². The molecule has 1 aliphatic rings. The van der Waals surface area contributed by atoms with Crippen LogP contribution in [-0.2, 0) is 16.6 Å². The van der Waals surface area contributed by atoms with Gasteiger partial charge in [0.1, 0.15) is 12.2 Å². The highest BCUT2D eigenvalue weighted by Gasteiger charge is 2.29. The van der Waals surface area contributed by atoms with Gasteiger partial charge in [-0.2, -0.15) is 5.10 Å². The fourth-order valence-corrected chi connectivity index (χ4v) is 4.25. The number of carbonyl (C=O) groups excluding carboxylic acids is 2. The standard InChI is InChI=1S/C25H26N4O5/c1-3-15(12-22(30)31)26-24(32)20-13-29(2)28-23(20)27-25(33)34-14-21-18-10-6-4-8-16(18)17-9-5-7-11-19(17)21/h4-11,13,15,21H,3,12,14H2,1-2H3,(H,26,32)(H,30,31)(H,27,28,33)/t15-/m0/s1. The Hall–Kier alpha value is -4.14. The lowest BCUT2D eigenvalue weighted by Gasteiger charge is -2.15. The number of fused-ring (bicyclic) bond motifs is 3. The number of amides is 2. The van der Waals surface area contributed by atoms with E-state index in [0.29, 0.717) is 6.42 Å². The van der Waals surface area contributed by atoms with E-state index >= 15 is 0 Å². The molecule has 9 heteroatoms. The number of ether oxygens (including phenoxy) is 1. The number of rotatable bonds is 8. The molecular formula is C25H26N4O5. The number of carboxylic acids is 1. The third-order valence-electron chi connectivity index (χ3n) is 5.89. The van der Waals surface area contributed by atoms with Crippen LogP contribution in [-0.4, -0.2) is 45.5 Å². The Morgan fingerprint density at radius 3 is 2.29 bits per heavy atom. The zero-order valence-electron chi connectivity index (χ0n) is 18.9. The topological polar surface area (TPSA) is 123 Å². The van der Waals surface area contributed by atoms with Crippen molar-refractivity contribution in [2.75, 3.05) is 11.9 Å². The molecule has 3 aromatic rings. The van der Waals surface area contributed by atoms with Crippen molar-refractivity contribution < 1.29 is 24.2 Å². The molecule has 1 heterocycles. The number of benzene rings is 2. The van der Waals surface area contributed by atoms with Gasteiger partial charge in [-0.1, -0.05) is 55.5 Å². The first-order chi connectivity index (χ1) is 16.4. The van der Waals surface area contributed by atoms with Crippen molar-refractivity contribution in [3.63, 3.8) is 0 Å². The second kappa shape index (κ2) is 9.78. The number of nitrogens with zero attached hydrogens (tertiary/aromatic N) is 2. The van der Waals surface area contributed by atoms with E-state index in [4.69, 9.17) is 9.84 Å². The average Bonchev–Trinajstić information content (AvgIpc) is 3.34. The lowest BCUT2D eigenvalue weighted by molar-refractivity contribution is -0.137. The summed E-state index contributed by atoms with van der Waals surface area (Å²) in [6, 6.07) is 15.5. The monoisotopic (exact) mass is 462 g/mol. The van der Waals surface area contributed by atoms with Crippen molar-refractivity contribution in [3.05, 3.63) is 71.4 Å². The molecule has 0 radical (unpaired) electrons. The number of aryl methyl sites for hydroxylation is 1. The van der Waals surface area contributed by atoms with Gasteiger partial charge in [-0.15, -0.1) is 0 Å². The molecule has 1 aliphatic carbocycles. The quantitative estimate of drug-likeness (QED) is 0.468. The Morgan fingerprint density at radius 1 is 1.09 bits per heavy atom. The van der Waals surface area contributed by atoms with Crippen LogP contribution in [0, 0.1) is 0 Å². The van der Waals surface area contributed by atoms with Crippen LogP contribution in [0.5, 0.6) is 0 Å². The summed E-state index contributed by atoms with van der Waals surface area (Å²) in [5, 5.41) is 18.4. The molecule has 2 amide bonds. The molecule has 1 aromatic heterocycles. The van der Waals surface area contributed by atoms with Gasteiger partial charge in [0.2, 0.25) is 0 Å². The summed E-state index contributed by atoms with van der Waals surface area (Å²) in [6.07, 6.45) is 0.986. The molecule has 1 atom stereocenters. The van der Waals surface area contributed by atoms with Crippen molar-refractivity contribution in [3.8, 4) is 11.1 Å². The third-order valence-corrected chi connectivity index (χ3v) is 5.89. The maximum Gasteiger partial charge on any atom is 0.412 e. The second-order valence-electron chi connectivity index (χ2n) is 8.19. The predicted molar refractivity (Wildman–Crippen MR) is 126 cm³/mol. The van der Waals surface area contributed by atoms with E-state index < -0.39 is 24.0 Å². The summed E-state index contributed by atoms with van der Waals surface area (Å²) in [5.41, 5.74) is 4.57. The van der Waals surface area contributed by atoms with Crippen molar-refractivity contribution >= 4 is 23.8 Å². The summed E-state index contributed by atoms with van der Waals surface area (Å²) < 4.78 is 6.93. The summed E-state index contributed by atoms with van der Waals surface area (Å²) in [5.74, 6) is -1.57. The number of hydrogen-bond acceptors (Lipinski definition) is 5. The minimum atomic E-state index is -1.00. The lowest BCUT2D eigenvalue weighted by Crippen LogP contribution is -2.36. The Balaban J connectivity index is 1.44. The molecule has 176 valence electrons. The predicted octanol–water partition coefficient (Wildman–Crippen LogP) is 3.76. The molecule has 0 saturated carbocycles. The largest absolute Gasteiger partial charge is 0.481 e. The molecule has 4 rings (SSSR count). The molecule has 0 spiro atoms. The van der Waals surface area contributed by atoms with Crippen LogP contribution in [0.15, 0.2) is 54.7 Å². The van der Waals surface area contributed by atoms with E-state index in [-0.39, 0.29) is 30.3 Å². The Kier molecular flexibility index (Phi) is 6.62. The third kappa shape index (κ3) is 4.78. The molecule has 0 fully saturated rings. The molecular weight excluding hydrogens is 436 g/mol. The first-order valence-electron chi connectivity index (χ1n) is 11.1. The van der Waals surface area contributed by atoms with Crippen LogP contribution in [0.4, 0.5) is 10.6 Å². The lowest BCUT2D eigenvalue weighted by atomic mass is 9.98. The van der Waals surface area contributed by atoms with Crippen molar-refractivity contribution in [1.29, 1.82) is 0 Å². The highest BCUT2D eigenvalue weighted by Crippen LogP contribution is 2.44. The van der Waals surface area contributed by atoms with Gasteiger partial charge in [0.05, 0.1) is 6.42 Å². The number of carboxylic acid groups (broad SMARTS) is 1. The minimum absolute atomic E-state index is 0.0439. The van der Waals surface area contributed by atoms with E-state index in [1.165, 1.54) is 10.9 Å². The van der Waals surface area contributed by atoms with E-state index in [9.17, 15) is 14.4 Å². The van der Waals surface area contributed by atoms with E-state index in [1.54, 1.807) is 14.0 Å². The molecule has 0 saturated heterocycles. The zero-order chi connectivity index (χ0) is 24.2. The van der Waals surface area contributed by atoms with Crippen LogP contribution in [0.3, 0.4) is 0 Å². The Morgan fingerprint density at radius 2 is 1.71 bits per heavy atom. The maximum atomic E-state index is 12.7.